The second-order valence-corrected chi connectivity index (χ2v) is 6.04. The van der Waals surface area contributed by atoms with E-state index in [0.717, 1.165) is 48.1 Å². The first kappa shape index (κ1) is 14.1. The molecule has 1 aliphatic rings. The van der Waals surface area contributed by atoms with Gasteiger partial charge in [0.25, 0.3) is 0 Å². The number of fused-ring (bicyclic) bond motifs is 1. The summed E-state index contributed by atoms with van der Waals surface area (Å²) in [4.78, 5) is 11.1. The second-order valence-electron chi connectivity index (χ2n) is 6.04. The number of anilines is 1. The van der Waals surface area contributed by atoms with E-state index in [9.17, 15) is 0 Å². The van der Waals surface area contributed by atoms with Crippen molar-refractivity contribution in [3.63, 3.8) is 0 Å². The van der Waals surface area contributed by atoms with Gasteiger partial charge in [0.1, 0.15) is 5.82 Å². The Labute approximate surface area is 135 Å². The van der Waals surface area contributed by atoms with Crippen LogP contribution in [0, 0.1) is 6.92 Å². The molecule has 0 aromatic carbocycles. The molecule has 4 rings (SSSR count). The number of imidazole rings is 1. The van der Waals surface area contributed by atoms with Crippen molar-refractivity contribution in [3.05, 3.63) is 42.4 Å². The molecule has 1 fully saturated rings. The highest BCUT2D eigenvalue weighted by molar-refractivity contribution is 5.66. The monoisotopic (exact) mass is 308 g/mol. The van der Waals surface area contributed by atoms with Gasteiger partial charge in [-0.2, -0.15) is 0 Å². The summed E-state index contributed by atoms with van der Waals surface area (Å²) in [7, 11) is 0. The molecule has 1 aliphatic heterocycles. The lowest BCUT2D eigenvalue weighted by Crippen LogP contribution is -2.49. The summed E-state index contributed by atoms with van der Waals surface area (Å²) in [6, 6.07) is 8.56. The van der Waals surface area contributed by atoms with Crippen LogP contribution in [0.15, 0.2) is 36.7 Å². The van der Waals surface area contributed by atoms with E-state index < -0.39 is 0 Å². The molecule has 6 nitrogen and oxygen atoms in total. The average Bonchev–Trinajstić information content (AvgIpc) is 2.92. The predicted octanol–water partition coefficient (Wildman–Crippen LogP) is 1.90. The Bertz CT molecular complexity index is 826. The number of nitrogens with zero attached hydrogens (tertiary/aromatic N) is 5. The summed E-state index contributed by atoms with van der Waals surface area (Å²) in [6.07, 6.45) is 3.58. The fourth-order valence-corrected chi connectivity index (χ4v) is 3.13. The van der Waals surface area contributed by atoms with Crippen LogP contribution in [0.1, 0.15) is 12.6 Å². The van der Waals surface area contributed by atoms with E-state index in [0.29, 0.717) is 6.04 Å². The van der Waals surface area contributed by atoms with Crippen molar-refractivity contribution in [1.82, 2.24) is 24.9 Å². The van der Waals surface area contributed by atoms with Crippen LogP contribution in [0.4, 0.5) is 5.82 Å². The lowest BCUT2D eigenvalue weighted by molar-refractivity contribution is 0.481. The lowest BCUT2D eigenvalue weighted by atomic mass is 10.2. The van der Waals surface area contributed by atoms with Gasteiger partial charge in [-0.1, -0.05) is 0 Å². The Balaban J connectivity index is 1.76. The Morgan fingerprint density at radius 3 is 2.78 bits per heavy atom. The number of nitrogens with one attached hydrogen (secondary N) is 1. The first-order valence-electron chi connectivity index (χ1n) is 7.97. The summed E-state index contributed by atoms with van der Waals surface area (Å²) < 4.78 is 1.94. The first-order chi connectivity index (χ1) is 11.2. The molecule has 0 spiro atoms. The standard InChI is InChI=1S/C17H20N6/c1-12-11-22(10-9-19-12)16-4-3-15-20-17(13(2)23(15)21-16)14-5-7-18-8-6-14/h3-8,12,19H,9-11H2,1-2H3. The van der Waals surface area contributed by atoms with Crippen molar-refractivity contribution < 1.29 is 0 Å². The van der Waals surface area contributed by atoms with Crippen molar-refractivity contribution in [2.45, 2.75) is 19.9 Å². The summed E-state index contributed by atoms with van der Waals surface area (Å²) in [5.41, 5.74) is 3.96. The molecule has 0 amide bonds. The molecule has 0 radical (unpaired) electrons. The third-order valence-electron chi connectivity index (χ3n) is 4.33. The molecular weight excluding hydrogens is 288 g/mol. The third-order valence-corrected chi connectivity index (χ3v) is 4.33. The Morgan fingerprint density at radius 2 is 2.00 bits per heavy atom. The smallest absolute Gasteiger partial charge is 0.154 e. The quantitative estimate of drug-likeness (QED) is 0.783. The normalized spacial score (nSPS) is 18.5. The van der Waals surface area contributed by atoms with Crippen LogP contribution in [0.2, 0.25) is 0 Å². The van der Waals surface area contributed by atoms with Gasteiger partial charge in [0, 0.05) is 43.6 Å². The van der Waals surface area contributed by atoms with Crippen molar-refractivity contribution in [2.24, 2.45) is 0 Å². The number of pyridine rings is 1. The molecule has 118 valence electrons. The van der Waals surface area contributed by atoms with E-state index in [2.05, 4.69) is 35.1 Å². The maximum atomic E-state index is 4.82. The molecule has 3 aromatic heterocycles. The largest absolute Gasteiger partial charge is 0.352 e. The zero-order valence-electron chi connectivity index (χ0n) is 13.4. The number of piperazine rings is 1. The average molecular weight is 308 g/mol. The minimum atomic E-state index is 0.484. The van der Waals surface area contributed by atoms with Crippen molar-refractivity contribution in [1.29, 1.82) is 0 Å². The van der Waals surface area contributed by atoms with Crippen molar-refractivity contribution in [3.8, 4) is 11.3 Å². The molecule has 4 heterocycles. The minimum absolute atomic E-state index is 0.484. The molecule has 6 heteroatoms. The van der Waals surface area contributed by atoms with Gasteiger partial charge in [-0.05, 0) is 38.1 Å². The van der Waals surface area contributed by atoms with Gasteiger partial charge < -0.3 is 10.2 Å². The molecule has 3 aromatic rings. The molecule has 1 unspecified atom stereocenters. The molecule has 1 N–H and O–H groups in total. The van der Waals surface area contributed by atoms with Crippen molar-refractivity contribution in [2.75, 3.05) is 24.5 Å². The van der Waals surface area contributed by atoms with Crippen LogP contribution in [0.25, 0.3) is 16.9 Å². The van der Waals surface area contributed by atoms with Gasteiger partial charge in [0.05, 0.1) is 11.4 Å². The maximum Gasteiger partial charge on any atom is 0.154 e. The number of hydrogen-bond donors (Lipinski definition) is 1. The van der Waals surface area contributed by atoms with Gasteiger partial charge >= 0.3 is 0 Å². The second kappa shape index (κ2) is 5.62. The summed E-state index contributed by atoms with van der Waals surface area (Å²) >= 11 is 0. The lowest BCUT2D eigenvalue weighted by Gasteiger charge is -2.32. The fraction of sp³-hybridized carbons (Fsp3) is 0.353. The number of aryl methyl sites for hydroxylation is 1. The van der Waals surface area contributed by atoms with Crippen LogP contribution in [0.3, 0.4) is 0 Å². The van der Waals surface area contributed by atoms with E-state index in [4.69, 9.17) is 10.1 Å². The molecule has 0 bridgehead atoms. The van der Waals surface area contributed by atoms with Gasteiger partial charge in [0.2, 0.25) is 0 Å². The van der Waals surface area contributed by atoms with Gasteiger partial charge in [-0.3, -0.25) is 4.98 Å². The highest BCUT2D eigenvalue weighted by atomic mass is 15.3. The highest BCUT2D eigenvalue weighted by Gasteiger charge is 2.18. The first-order valence-corrected chi connectivity index (χ1v) is 7.97. The topological polar surface area (TPSA) is 58.4 Å². The van der Waals surface area contributed by atoms with E-state index in [1.807, 2.05) is 22.7 Å². The number of hydrogen-bond acceptors (Lipinski definition) is 5. The zero-order chi connectivity index (χ0) is 15.8. The Kier molecular flexibility index (Phi) is 3.46. The Hall–Kier alpha value is -2.47. The third kappa shape index (κ3) is 2.55. The zero-order valence-corrected chi connectivity index (χ0v) is 13.4. The molecule has 1 saturated heterocycles. The molecule has 1 atom stereocenters. The highest BCUT2D eigenvalue weighted by Crippen LogP contribution is 2.24. The van der Waals surface area contributed by atoms with E-state index in [1.54, 1.807) is 12.4 Å². The molecule has 0 aliphatic carbocycles. The van der Waals surface area contributed by atoms with Crippen molar-refractivity contribution >= 4 is 11.5 Å². The SMILES string of the molecule is Cc1c(-c2ccncc2)nc2ccc(N3CCNC(C)C3)nn12. The van der Waals surface area contributed by atoms with E-state index >= 15 is 0 Å². The summed E-state index contributed by atoms with van der Waals surface area (Å²) in [5, 5.41) is 8.28. The van der Waals surface area contributed by atoms with Crippen LogP contribution < -0.4 is 10.2 Å². The summed E-state index contributed by atoms with van der Waals surface area (Å²) in [6.45, 7) is 7.21. The fourth-order valence-electron chi connectivity index (χ4n) is 3.13. The van der Waals surface area contributed by atoms with E-state index in [1.165, 1.54) is 0 Å². The van der Waals surface area contributed by atoms with Gasteiger partial charge in [-0.25, -0.2) is 9.50 Å². The molecule has 0 saturated carbocycles. The Morgan fingerprint density at radius 1 is 1.17 bits per heavy atom. The van der Waals surface area contributed by atoms with Gasteiger partial charge in [0.15, 0.2) is 5.65 Å². The van der Waals surface area contributed by atoms with Gasteiger partial charge in [-0.15, -0.1) is 5.10 Å². The number of rotatable bonds is 2. The van der Waals surface area contributed by atoms with Crippen LogP contribution >= 0.6 is 0 Å². The summed E-state index contributed by atoms with van der Waals surface area (Å²) in [5.74, 6) is 1.01. The van der Waals surface area contributed by atoms with Crippen LogP contribution in [-0.4, -0.2) is 45.3 Å². The molecular formula is C17H20N6. The minimum Gasteiger partial charge on any atom is -0.352 e. The van der Waals surface area contributed by atoms with Crippen LogP contribution in [-0.2, 0) is 0 Å². The van der Waals surface area contributed by atoms with E-state index in [-0.39, 0.29) is 0 Å². The number of aromatic nitrogens is 4. The van der Waals surface area contributed by atoms with Crippen LogP contribution in [0.5, 0.6) is 0 Å². The predicted molar refractivity (Wildman–Crippen MR) is 90.6 cm³/mol. The molecule has 23 heavy (non-hydrogen) atoms. The maximum absolute atomic E-state index is 4.82.